The molecule has 1 amide bonds. The van der Waals surface area contributed by atoms with E-state index < -0.39 is 11.5 Å². The van der Waals surface area contributed by atoms with E-state index in [1.807, 2.05) is 0 Å². The Balaban J connectivity index is 1.83. The second-order valence-corrected chi connectivity index (χ2v) is 5.59. The van der Waals surface area contributed by atoms with Gasteiger partial charge in [-0.25, -0.2) is 9.78 Å². The maximum absolute atomic E-state index is 12.1. The Kier molecular flexibility index (Phi) is 3.01. The third kappa shape index (κ3) is 2.07. The minimum Gasteiger partial charge on any atom is -0.477 e. The fourth-order valence-electron chi connectivity index (χ4n) is 2.23. The van der Waals surface area contributed by atoms with E-state index in [9.17, 15) is 9.59 Å². The van der Waals surface area contributed by atoms with Crippen LogP contribution < -0.4 is 5.32 Å². The number of thiazole rings is 1. The number of hydrogen-bond donors (Lipinski definition) is 3. The molecule has 3 rings (SSSR count). The number of amides is 1. The molecule has 0 aromatic carbocycles. The highest BCUT2D eigenvalue weighted by atomic mass is 32.1. The Morgan fingerprint density at radius 2 is 2.20 bits per heavy atom. The molecular weight excluding hydrogens is 280 g/mol. The lowest BCUT2D eigenvalue weighted by molar-refractivity contribution is 0.0690. The zero-order valence-corrected chi connectivity index (χ0v) is 11.2. The first-order valence-corrected chi connectivity index (χ1v) is 6.98. The Morgan fingerprint density at radius 3 is 2.70 bits per heavy atom. The van der Waals surface area contributed by atoms with E-state index in [1.165, 1.54) is 23.7 Å². The lowest BCUT2D eigenvalue weighted by atomic mass is 9.76. The summed E-state index contributed by atoms with van der Waals surface area (Å²) in [5.74, 6) is -0.772. The Hall–Kier alpha value is -2.22. The van der Waals surface area contributed by atoms with E-state index in [4.69, 9.17) is 5.11 Å². The standard InChI is InChI=1S/C12H12N4O3S/c17-9(8-5-13-6-20-8)16-12(2-1-3-12)11-14-4-7(15-11)10(18)19/h4-6H,1-3H2,(H,14,15)(H,16,17)(H,18,19). The molecule has 0 radical (unpaired) electrons. The van der Waals surface area contributed by atoms with Crippen LogP contribution in [0.3, 0.4) is 0 Å². The minimum absolute atomic E-state index is 0.0262. The normalized spacial score (nSPS) is 16.4. The summed E-state index contributed by atoms with van der Waals surface area (Å²) in [5, 5.41) is 11.9. The molecule has 8 heteroatoms. The van der Waals surface area contributed by atoms with Gasteiger partial charge in [0.1, 0.15) is 16.4 Å². The number of aromatic nitrogens is 3. The number of imidazole rings is 1. The van der Waals surface area contributed by atoms with Crippen LogP contribution in [-0.4, -0.2) is 31.9 Å². The van der Waals surface area contributed by atoms with Crippen molar-refractivity contribution in [2.75, 3.05) is 0 Å². The van der Waals surface area contributed by atoms with Gasteiger partial charge in [0.15, 0.2) is 0 Å². The molecule has 2 heterocycles. The zero-order valence-electron chi connectivity index (χ0n) is 10.4. The molecule has 20 heavy (non-hydrogen) atoms. The van der Waals surface area contributed by atoms with Crippen LogP contribution in [0.4, 0.5) is 0 Å². The van der Waals surface area contributed by atoms with Gasteiger partial charge in [-0.05, 0) is 19.3 Å². The first-order valence-electron chi connectivity index (χ1n) is 6.10. The van der Waals surface area contributed by atoms with Crippen molar-refractivity contribution in [1.29, 1.82) is 0 Å². The molecule has 1 aliphatic carbocycles. The summed E-state index contributed by atoms with van der Waals surface area (Å²) in [7, 11) is 0. The molecule has 1 saturated carbocycles. The highest BCUT2D eigenvalue weighted by Gasteiger charge is 2.43. The molecule has 2 aromatic rings. The number of hydrogen-bond acceptors (Lipinski definition) is 5. The van der Waals surface area contributed by atoms with Crippen molar-refractivity contribution in [2.24, 2.45) is 0 Å². The average Bonchev–Trinajstić information content (AvgIpc) is 3.03. The maximum Gasteiger partial charge on any atom is 0.353 e. The molecule has 0 aliphatic heterocycles. The third-order valence-electron chi connectivity index (χ3n) is 3.48. The van der Waals surface area contributed by atoms with Gasteiger partial charge in [-0.1, -0.05) is 0 Å². The third-order valence-corrected chi connectivity index (χ3v) is 4.25. The van der Waals surface area contributed by atoms with Crippen molar-refractivity contribution in [3.8, 4) is 0 Å². The second-order valence-electron chi connectivity index (χ2n) is 4.71. The van der Waals surface area contributed by atoms with Crippen LogP contribution in [-0.2, 0) is 5.54 Å². The van der Waals surface area contributed by atoms with Crippen LogP contribution in [0.15, 0.2) is 17.9 Å². The summed E-state index contributed by atoms with van der Waals surface area (Å²) < 4.78 is 0. The zero-order chi connectivity index (χ0) is 14.2. The number of carboxylic acid groups (broad SMARTS) is 1. The quantitative estimate of drug-likeness (QED) is 0.788. The molecule has 1 fully saturated rings. The number of carboxylic acids is 1. The van der Waals surface area contributed by atoms with Gasteiger partial charge in [-0.3, -0.25) is 9.78 Å². The highest BCUT2D eigenvalue weighted by Crippen LogP contribution is 2.40. The Labute approximate surface area is 118 Å². The van der Waals surface area contributed by atoms with Crippen LogP contribution in [0.25, 0.3) is 0 Å². The first-order chi connectivity index (χ1) is 9.61. The summed E-state index contributed by atoms with van der Waals surface area (Å²) in [6.45, 7) is 0. The van der Waals surface area contributed by atoms with E-state index in [2.05, 4.69) is 20.3 Å². The number of nitrogens with zero attached hydrogens (tertiary/aromatic N) is 2. The van der Waals surface area contributed by atoms with Crippen molar-refractivity contribution in [3.05, 3.63) is 34.3 Å². The van der Waals surface area contributed by atoms with Crippen molar-refractivity contribution in [1.82, 2.24) is 20.3 Å². The van der Waals surface area contributed by atoms with Crippen molar-refractivity contribution < 1.29 is 14.7 Å². The number of carbonyl (C=O) groups excluding carboxylic acids is 1. The summed E-state index contributed by atoms with van der Waals surface area (Å²) in [6, 6.07) is 0. The number of aromatic carboxylic acids is 1. The fourth-order valence-corrected chi connectivity index (χ4v) is 2.75. The summed E-state index contributed by atoms with van der Waals surface area (Å²) in [4.78, 5) is 34.3. The van der Waals surface area contributed by atoms with Crippen LogP contribution in [0.5, 0.6) is 0 Å². The predicted molar refractivity (Wildman–Crippen MR) is 70.7 cm³/mol. The molecule has 0 saturated heterocycles. The van der Waals surface area contributed by atoms with E-state index in [0.29, 0.717) is 10.7 Å². The van der Waals surface area contributed by atoms with Gasteiger partial charge >= 0.3 is 5.97 Å². The maximum atomic E-state index is 12.1. The van der Waals surface area contributed by atoms with Gasteiger partial charge in [-0.15, -0.1) is 11.3 Å². The van der Waals surface area contributed by atoms with Crippen LogP contribution >= 0.6 is 11.3 Å². The van der Waals surface area contributed by atoms with Gasteiger partial charge in [0.05, 0.1) is 23.4 Å². The summed E-state index contributed by atoms with van der Waals surface area (Å²) in [6.07, 6.45) is 5.23. The largest absolute Gasteiger partial charge is 0.477 e. The van der Waals surface area contributed by atoms with E-state index in [1.54, 1.807) is 5.51 Å². The Bertz CT molecular complexity index is 645. The predicted octanol–water partition coefficient (Wildman–Crippen LogP) is 1.37. The van der Waals surface area contributed by atoms with Gasteiger partial charge in [0.25, 0.3) is 5.91 Å². The Morgan fingerprint density at radius 1 is 1.40 bits per heavy atom. The lowest BCUT2D eigenvalue weighted by Crippen LogP contribution is -2.51. The molecule has 1 aliphatic rings. The topological polar surface area (TPSA) is 108 Å². The fraction of sp³-hybridized carbons (Fsp3) is 0.333. The van der Waals surface area contributed by atoms with Gasteiger partial charge in [0.2, 0.25) is 0 Å². The smallest absolute Gasteiger partial charge is 0.353 e. The molecule has 2 aromatic heterocycles. The number of aromatic amines is 1. The van der Waals surface area contributed by atoms with E-state index in [0.717, 1.165) is 19.3 Å². The minimum atomic E-state index is -1.06. The number of nitrogens with one attached hydrogen (secondary N) is 2. The van der Waals surface area contributed by atoms with Crippen molar-refractivity contribution >= 4 is 23.2 Å². The SMILES string of the molecule is O=C(O)c1cnc(C2(NC(=O)c3cncs3)CCC2)[nH]1. The molecule has 7 nitrogen and oxygen atoms in total. The molecule has 0 atom stereocenters. The molecule has 104 valence electrons. The number of H-pyrrole nitrogens is 1. The van der Waals surface area contributed by atoms with Crippen LogP contribution in [0, 0.1) is 0 Å². The molecule has 0 bridgehead atoms. The molecule has 3 N–H and O–H groups in total. The van der Waals surface area contributed by atoms with E-state index in [-0.39, 0.29) is 11.6 Å². The van der Waals surface area contributed by atoms with Crippen molar-refractivity contribution in [3.63, 3.8) is 0 Å². The summed E-state index contributed by atoms with van der Waals surface area (Å²) >= 11 is 1.26. The van der Waals surface area contributed by atoms with Gasteiger partial charge in [0, 0.05) is 0 Å². The van der Waals surface area contributed by atoms with Gasteiger partial charge in [-0.2, -0.15) is 0 Å². The highest BCUT2D eigenvalue weighted by molar-refractivity contribution is 7.11. The van der Waals surface area contributed by atoms with E-state index >= 15 is 0 Å². The summed E-state index contributed by atoms with van der Waals surface area (Å²) in [5.41, 5.74) is 1.03. The first kappa shape index (κ1) is 12.8. The van der Waals surface area contributed by atoms with Crippen molar-refractivity contribution in [2.45, 2.75) is 24.8 Å². The molecule has 0 unspecified atom stereocenters. The van der Waals surface area contributed by atoms with Gasteiger partial charge < -0.3 is 15.4 Å². The molecular formula is C12H12N4O3S. The monoisotopic (exact) mass is 292 g/mol. The van der Waals surface area contributed by atoms with Crippen LogP contribution in [0.1, 0.15) is 45.2 Å². The number of rotatable bonds is 4. The lowest BCUT2D eigenvalue weighted by Gasteiger charge is -2.40. The molecule has 0 spiro atoms. The second kappa shape index (κ2) is 4.71. The average molecular weight is 292 g/mol. The number of carbonyl (C=O) groups is 2. The van der Waals surface area contributed by atoms with Crippen LogP contribution in [0.2, 0.25) is 0 Å².